The highest BCUT2D eigenvalue weighted by molar-refractivity contribution is 7.80. The van der Waals surface area contributed by atoms with Gasteiger partial charge in [-0.3, -0.25) is 20.2 Å². The van der Waals surface area contributed by atoms with E-state index in [2.05, 4.69) is 17.6 Å². The predicted octanol–water partition coefficient (Wildman–Crippen LogP) is 4.29. The number of nitro groups is 1. The molecule has 0 atom stereocenters. The van der Waals surface area contributed by atoms with Crippen LogP contribution in [0.25, 0.3) is 0 Å². The molecular formula is C19H21N3O4S. The van der Waals surface area contributed by atoms with Crippen LogP contribution < -0.4 is 15.4 Å². The first-order valence-corrected chi connectivity index (χ1v) is 9.00. The molecule has 2 aromatic rings. The van der Waals surface area contributed by atoms with E-state index < -0.39 is 4.92 Å². The molecule has 0 aliphatic rings. The van der Waals surface area contributed by atoms with Crippen LogP contribution in [0.4, 0.5) is 11.4 Å². The zero-order valence-corrected chi connectivity index (χ0v) is 15.8. The van der Waals surface area contributed by atoms with Gasteiger partial charge in [0.25, 0.3) is 11.6 Å². The van der Waals surface area contributed by atoms with E-state index in [-0.39, 0.29) is 16.7 Å². The largest absolute Gasteiger partial charge is 0.494 e. The number of nitro benzene ring substituents is 1. The van der Waals surface area contributed by atoms with Crippen LogP contribution in [0.15, 0.2) is 48.5 Å². The molecule has 0 aromatic heterocycles. The van der Waals surface area contributed by atoms with Crippen molar-refractivity contribution in [1.82, 2.24) is 5.32 Å². The third-order valence-corrected chi connectivity index (χ3v) is 3.88. The van der Waals surface area contributed by atoms with E-state index in [0.29, 0.717) is 23.6 Å². The number of rotatable bonds is 8. The quantitative estimate of drug-likeness (QED) is 0.304. The maximum atomic E-state index is 12.2. The fourth-order valence-electron chi connectivity index (χ4n) is 2.28. The molecule has 27 heavy (non-hydrogen) atoms. The normalized spacial score (nSPS) is 10.1. The standard InChI is InChI=1S/C19H21N3O4S/c1-2-3-4-12-26-17-10-8-14(9-11-17)18(23)21-19(27)20-15-6-5-7-16(13-15)22(24)25/h5-11,13H,2-4,12H2,1H3,(H2,20,21,23,27). The molecule has 0 aliphatic heterocycles. The van der Waals surface area contributed by atoms with Gasteiger partial charge in [0.15, 0.2) is 5.11 Å². The molecule has 0 saturated carbocycles. The number of anilines is 1. The number of nitrogens with one attached hydrogen (secondary N) is 2. The second-order valence-corrected chi connectivity index (χ2v) is 6.20. The molecule has 0 radical (unpaired) electrons. The second kappa shape index (κ2) is 10.2. The number of thiocarbonyl (C=S) groups is 1. The minimum absolute atomic E-state index is 0.0559. The summed E-state index contributed by atoms with van der Waals surface area (Å²) in [4.78, 5) is 22.5. The smallest absolute Gasteiger partial charge is 0.271 e. The van der Waals surface area contributed by atoms with Crippen LogP contribution in [-0.2, 0) is 0 Å². The highest BCUT2D eigenvalue weighted by Crippen LogP contribution is 2.17. The molecule has 0 heterocycles. The van der Waals surface area contributed by atoms with Gasteiger partial charge in [-0.1, -0.05) is 25.8 Å². The van der Waals surface area contributed by atoms with E-state index in [9.17, 15) is 14.9 Å². The van der Waals surface area contributed by atoms with E-state index in [1.165, 1.54) is 18.2 Å². The van der Waals surface area contributed by atoms with Crippen LogP contribution in [0, 0.1) is 10.1 Å². The SMILES string of the molecule is CCCCCOc1ccc(C(=O)NC(=S)Nc2cccc([N+](=O)[O-])c2)cc1. The second-order valence-electron chi connectivity index (χ2n) is 5.80. The van der Waals surface area contributed by atoms with Crippen molar-refractivity contribution < 1.29 is 14.5 Å². The van der Waals surface area contributed by atoms with E-state index in [1.54, 1.807) is 30.3 Å². The van der Waals surface area contributed by atoms with Crippen molar-refractivity contribution in [2.45, 2.75) is 26.2 Å². The van der Waals surface area contributed by atoms with Crippen LogP contribution in [0.5, 0.6) is 5.75 Å². The Hall–Kier alpha value is -3.00. The lowest BCUT2D eigenvalue weighted by molar-refractivity contribution is -0.384. The molecule has 142 valence electrons. The Balaban J connectivity index is 1.87. The third kappa shape index (κ3) is 6.67. The van der Waals surface area contributed by atoms with Crippen molar-refractivity contribution >= 4 is 34.6 Å². The summed E-state index contributed by atoms with van der Waals surface area (Å²) in [5.74, 6) is 0.329. The van der Waals surface area contributed by atoms with Gasteiger partial charge in [0.05, 0.1) is 11.5 Å². The Morgan fingerprint density at radius 3 is 2.59 bits per heavy atom. The topological polar surface area (TPSA) is 93.5 Å². The van der Waals surface area contributed by atoms with Gasteiger partial charge in [-0.25, -0.2) is 0 Å². The maximum Gasteiger partial charge on any atom is 0.271 e. The number of unbranched alkanes of at least 4 members (excludes halogenated alkanes) is 2. The van der Waals surface area contributed by atoms with Crippen molar-refractivity contribution in [1.29, 1.82) is 0 Å². The first-order chi connectivity index (χ1) is 13.0. The van der Waals surface area contributed by atoms with Crippen molar-refractivity contribution in [3.8, 4) is 5.75 Å². The number of non-ortho nitro benzene ring substituents is 1. The Morgan fingerprint density at radius 2 is 1.93 bits per heavy atom. The van der Waals surface area contributed by atoms with Gasteiger partial charge < -0.3 is 10.1 Å². The minimum Gasteiger partial charge on any atom is -0.494 e. The van der Waals surface area contributed by atoms with Gasteiger partial charge in [0, 0.05) is 23.4 Å². The monoisotopic (exact) mass is 387 g/mol. The van der Waals surface area contributed by atoms with Crippen LogP contribution in [0.2, 0.25) is 0 Å². The molecule has 0 aliphatic carbocycles. The molecule has 7 nitrogen and oxygen atoms in total. The number of ether oxygens (including phenoxy) is 1. The fourth-order valence-corrected chi connectivity index (χ4v) is 2.49. The van der Waals surface area contributed by atoms with Crippen molar-refractivity contribution in [3.05, 3.63) is 64.2 Å². The van der Waals surface area contributed by atoms with E-state index in [1.807, 2.05) is 0 Å². The zero-order chi connectivity index (χ0) is 19.6. The Bertz CT molecular complexity index is 809. The number of hydrogen-bond donors (Lipinski definition) is 2. The molecule has 0 spiro atoms. The number of hydrogen-bond acceptors (Lipinski definition) is 5. The molecule has 8 heteroatoms. The highest BCUT2D eigenvalue weighted by Gasteiger charge is 2.10. The average Bonchev–Trinajstić information content (AvgIpc) is 2.65. The van der Waals surface area contributed by atoms with E-state index in [4.69, 9.17) is 17.0 Å². The predicted molar refractivity (Wildman–Crippen MR) is 108 cm³/mol. The van der Waals surface area contributed by atoms with Gasteiger partial charge in [-0.05, 0) is 49.0 Å². The third-order valence-electron chi connectivity index (χ3n) is 3.68. The van der Waals surface area contributed by atoms with E-state index >= 15 is 0 Å². The maximum absolute atomic E-state index is 12.2. The van der Waals surface area contributed by atoms with Crippen LogP contribution >= 0.6 is 12.2 Å². The summed E-state index contributed by atoms with van der Waals surface area (Å²) >= 11 is 5.09. The molecule has 0 saturated heterocycles. The van der Waals surface area contributed by atoms with Crippen molar-refractivity contribution in [2.75, 3.05) is 11.9 Å². The zero-order valence-electron chi connectivity index (χ0n) is 14.9. The summed E-state index contributed by atoms with van der Waals surface area (Å²) < 4.78 is 5.61. The summed E-state index contributed by atoms with van der Waals surface area (Å²) in [7, 11) is 0. The first-order valence-electron chi connectivity index (χ1n) is 8.59. The number of nitrogens with zero attached hydrogens (tertiary/aromatic N) is 1. The molecule has 0 unspecified atom stereocenters. The Labute approximate surface area is 162 Å². The van der Waals surface area contributed by atoms with E-state index in [0.717, 1.165) is 19.3 Å². The van der Waals surface area contributed by atoms with Crippen LogP contribution in [-0.4, -0.2) is 22.5 Å². The minimum atomic E-state index is -0.501. The van der Waals surface area contributed by atoms with Crippen molar-refractivity contribution in [3.63, 3.8) is 0 Å². The molecule has 0 bridgehead atoms. The molecule has 2 aromatic carbocycles. The summed E-state index contributed by atoms with van der Waals surface area (Å²) in [6.45, 7) is 2.78. The lowest BCUT2D eigenvalue weighted by Gasteiger charge is -2.10. The van der Waals surface area contributed by atoms with Gasteiger partial charge >= 0.3 is 0 Å². The molecule has 2 N–H and O–H groups in total. The van der Waals surface area contributed by atoms with Gasteiger partial charge in [-0.2, -0.15) is 0 Å². The van der Waals surface area contributed by atoms with Crippen LogP contribution in [0.3, 0.4) is 0 Å². The Kier molecular flexibility index (Phi) is 7.69. The fraction of sp³-hybridized carbons (Fsp3) is 0.263. The van der Waals surface area contributed by atoms with Gasteiger partial charge in [0.2, 0.25) is 0 Å². The average molecular weight is 387 g/mol. The number of benzene rings is 2. The molecular weight excluding hydrogens is 366 g/mol. The number of carbonyl (C=O) groups excluding carboxylic acids is 1. The Morgan fingerprint density at radius 1 is 1.19 bits per heavy atom. The molecule has 2 rings (SSSR count). The first kappa shape index (κ1) is 20.3. The number of amides is 1. The summed E-state index contributed by atoms with van der Waals surface area (Å²) in [5, 5.41) is 16.2. The lowest BCUT2D eigenvalue weighted by Crippen LogP contribution is -2.34. The lowest BCUT2D eigenvalue weighted by atomic mass is 10.2. The molecule has 1 amide bonds. The van der Waals surface area contributed by atoms with Crippen molar-refractivity contribution in [2.24, 2.45) is 0 Å². The van der Waals surface area contributed by atoms with Crippen LogP contribution in [0.1, 0.15) is 36.5 Å². The number of carbonyl (C=O) groups is 1. The molecule has 0 fully saturated rings. The summed E-state index contributed by atoms with van der Waals surface area (Å²) in [6.07, 6.45) is 3.25. The summed E-state index contributed by atoms with van der Waals surface area (Å²) in [6, 6.07) is 12.6. The van der Waals surface area contributed by atoms with Gasteiger partial charge in [0.1, 0.15) is 5.75 Å². The van der Waals surface area contributed by atoms with Gasteiger partial charge in [-0.15, -0.1) is 0 Å². The highest BCUT2D eigenvalue weighted by atomic mass is 32.1. The summed E-state index contributed by atoms with van der Waals surface area (Å²) in [5.41, 5.74) is 0.785.